The van der Waals surface area contributed by atoms with Gasteiger partial charge in [0, 0.05) is 35.0 Å². The zero-order valence-corrected chi connectivity index (χ0v) is 15.5. The molecule has 0 amide bonds. The van der Waals surface area contributed by atoms with E-state index in [1.807, 2.05) is 12.1 Å². The summed E-state index contributed by atoms with van der Waals surface area (Å²) in [5.74, 6) is 1.54. The largest absolute Gasteiger partial charge is 0.438 e. The highest BCUT2D eigenvalue weighted by atomic mass is 32.1. The Morgan fingerprint density at radius 1 is 1.11 bits per heavy atom. The Morgan fingerprint density at radius 3 is 2.71 bits per heavy atom. The molecule has 0 saturated heterocycles. The van der Waals surface area contributed by atoms with Crippen molar-refractivity contribution in [1.29, 1.82) is 0 Å². The third kappa shape index (κ3) is 2.87. The van der Waals surface area contributed by atoms with Gasteiger partial charge in [-0.3, -0.25) is 15.1 Å². The molecule has 0 radical (unpaired) electrons. The van der Waals surface area contributed by atoms with Crippen molar-refractivity contribution in [3.63, 3.8) is 0 Å². The molecule has 138 valence electrons. The first kappa shape index (κ1) is 16.8. The van der Waals surface area contributed by atoms with E-state index in [4.69, 9.17) is 9.72 Å². The van der Waals surface area contributed by atoms with E-state index < -0.39 is 4.92 Å². The zero-order chi connectivity index (χ0) is 19.1. The van der Waals surface area contributed by atoms with Gasteiger partial charge in [-0.15, -0.1) is 11.3 Å². The predicted octanol–water partition coefficient (Wildman–Crippen LogP) is 4.94. The SMILES string of the molecule is O=[N+]([O-])c1ccc(Oc2nc(-c3cccnc3)nc3sc4c(c23)CCC4)cc1. The van der Waals surface area contributed by atoms with E-state index in [2.05, 4.69) is 9.97 Å². The van der Waals surface area contributed by atoms with Gasteiger partial charge in [0.2, 0.25) is 5.88 Å². The Kier molecular flexibility index (Phi) is 3.98. The number of nitrogens with zero attached hydrogens (tertiary/aromatic N) is 4. The quantitative estimate of drug-likeness (QED) is 0.362. The van der Waals surface area contributed by atoms with Crippen molar-refractivity contribution in [2.75, 3.05) is 0 Å². The van der Waals surface area contributed by atoms with E-state index in [-0.39, 0.29) is 5.69 Å². The lowest BCUT2D eigenvalue weighted by molar-refractivity contribution is -0.384. The second-order valence-corrected chi connectivity index (χ2v) is 7.57. The number of aromatic nitrogens is 3. The van der Waals surface area contributed by atoms with Gasteiger partial charge >= 0.3 is 0 Å². The summed E-state index contributed by atoms with van der Waals surface area (Å²) < 4.78 is 6.08. The van der Waals surface area contributed by atoms with E-state index in [9.17, 15) is 10.1 Å². The fourth-order valence-corrected chi connectivity index (χ4v) is 4.66. The number of hydrogen-bond donors (Lipinski definition) is 0. The van der Waals surface area contributed by atoms with Crippen LogP contribution in [-0.2, 0) is 12.8 Å². The molecule has 3 heterocycles. The van der Waals surface area contributed by atoms with Crippen LogP contribution in [0, 0.1) is 10.1 Å². The van der Waals surface area contributed by atoms with Crippen LogP contribution in [0.1, 0.15) is 16.9 Å². The summed E-state index contributed by atoms with van der Waals surface area (Å²) in [5, 5.41) is 11.8. The van der Waals surface area contributed by atoms with Crippen LogP contribution in [0.25, 0.3) is 21.6 Å². The van der Waals surface area contributed by atoms with Crippen LogP contribution in [0.4, 0.5) is 5.69 Å². The summed E-state index contributed by atoms with van der Waals surface area (Å²) >= 11 is 1.69. The van der Waals surface area contributed by atoms with Crippen molar-refractivity contribution in [1.82, 2.24) is 15.0 Å². The molecule has 28 heavy (non-hydrogen) atoms. The average Bonchev–Trinajstić information content (AvgIpc) is 3.30. The molecule has 0 bridgehead atoms. The number of fused-ring (bicyclic) bond motifs is 3. The van der Waals surface area contributed by atoms with E-state index in [0.29, 0.717) is 17.5 Å². The first-order chi connectivity index (χ1) is 13.7. The monoisotopic (exact) mass is 390 g/mol. The van der Waals surface area contributed by atoms with Crippen molar-refractivity contribution in [2.45, 2.75) is 19.3 Å². The molecule has 0 spiro atoms. The number of hydrogen-bond acceptors (Lipinski definition) is 7. The number of pyridine rings is 1. The fraction of sp³-hybridized carbons (Fsp3) is 0.150. The van der Waals surface area contributed by atoms with Crippen LogP contribution >= 0.6 is 11.3 Å². The Bertz CT molecular complexity index is 1190. The average molecular weight is 390 g/mol. The maximum Gasteiger partial charge on any atom is 0.269 e. The summed E-state index contributed by atoms with van der Waals surface area (Å²) in [6.45, 7) is 0. The first-order valence-electron chi connectivity index (χ1n) is 8.84. The molecule has 8 heteroatoms. The van der Waals surface area contributed by atoms with E-state index in [1.165, 1.54) is 22.6 Å². The van der Waals surface area contributed by atoms with Crippen LogP contribution in [0.3, 0.4) is 0 Å². The highest BCUT2D eigenvalue weighted by Crippen LogP contribution is 2.42. The standard InChI is InChI=1S/C20H14N4O3S/c25-24(26)13-6-8-14(9-7-13)27-19-17-15-4-1-5-16(15)28-20(17)23-18(22-19)12-3-2-10-21-11-12/h2-3,6-11H,1,4-5H2. The number of nitro benzene ring substituents is 1. The normalized spacial score (nSPS) is 12.9. The molecule has 0 saturated carbocycles. The molecule has 0 atom stereocenters. The lowest BCUT2D eigenvalue weighted by atomic mass is 10.2. The summed E-state index contributed by atoms with van der Waals surface area (Å²) in [7, 11) is 0. The van der Waals surface area contributed by atoms with Crippen LogP contribution in [-0.4, -0.2) is 19.9 Å². The summed E-state index contributed by atoms with van der Waals surface area (Å²) in [6.07, 6.45) is 6.59. The van der Waals surface area contributed by atoms with Gasteiger partial charge in [-0.1, -0.05) is 0 Å². The van der Waals surface area contributed by atoms with Gasteiger partial charge in [0.05, 0.1) is 10.3 Å². The number of rotatable bonds is 4. The smallest absolute Gasteiger partial charge is 0.269 e. The lowest BCUT2D eigenvalue weighted by Gasteiger charge is -2.09. The number of ether oxygens (including phenoxy) is 1. The van der Waals surface area contributed by atoms with Crippen molar-refractivity contribution in [3.8, 4) is 23.0 Å². The number of nitro groups is 1. The summed E-state index contributed by atoms with van der Waals surface area (Å²) in [5.41, 5.74) is 2.09. The van der Waals surface area contributed by atoms with Gasteiger partial charge < -0.3 is 4.74 Å². The molecule has 0 aliphatic heterocycles. The third-order valence-corrected chi connectivity index (χ3v) is 5.90. The van der Waals surface area contributed by atoms with Crippen LogP contribution in [0.2, 0.25) is 0 Å². The second-order valence-electron chi connectivity index (χ2n) is 6.48. The van der Waals surface area contributed by atoms with Crippen LogP contribution in [0.15, 0.2) is 48.8 Å². The topological polar surface area (TPSA) is 91.0 Å². The van der Waals surface area contributed by atoms with Crippen molar-refractivity contribution >= 4 is 27.2 Å². The van der Waals surface area contributed by atoms with Crippen molar-refractivity contribution < 1.29 is 9.66 Å². The molecule has 5 rings (SSSR count). The molecule has 1 aliphatic carbocycles. The number of thiophene rings is 1. The molecule has 0 fully saturated rings. The Hall–Kier alpha value is -3.39. The molecule has 1 aliphatic rings. The molecule has 0 N–H and O–H groups in total. The van der Waals surface area contributed by atoms with E-state index in [1.54, 1.807) is 35.9 Å². The van der Waals surface area contributed by atoms with Gasteiger partial charge in [0.25, 0.3) is 5.69 Å². The number of non-ortho nitro benzene ring substituents is 1. The molecule has 0 unspecified atom stereocenters. The van der Waals surface area contributed by atoms with Gasteiger partial charge in [0.15, 0.2) is 5.82 Å². The minimum Gasteiger partial charge on any atom is -0.438 e. The number of benzene rings is 1. The van der Waals surface area contributed by atoms with Crippen molar-refractivity contribution in [3.05, 3.63) is 69.3 Å². The van der Waals surface area contributed by atoms with Crippen LogP contribution < -0.4 is 4.74 Å². The fourth-order valence-electron chi connectivity index (χ4n) is 3.41. The highest BCUT2D eigenvalue weighted by molar-refractivity contribution is 7.19. The maximum absolute atomic E-state index is 10.9. The Balaban J connectivity index is 1.64. The van der Waals surface area contributed by atoms with Gasteiger partial charge in [-0.05, 0) is 49.1 Å². The van der Waals surface area contributed by atoms with Crippen LogP contribution in [0.5, 0.6) is 11.6 Å². The second kappa shape index (κ2) is 6.65. The van der Waals surface area contributed by atoms with E-state index in [0.717, 1.165) is 35.0 Å². The zero-order valence-electron chi connectivity index (χ0n) is 14.7. The first-order valence-corrected chi connectivity index (χ1v) is 9.66. The highest BCUT2D eigenvalue weighted by Gasteiger charge is 2.24. The minimum atomic E-state index is -0.432. The molecular formula is C20H14N4O3S. The third-order valence-electron chi connectivity index (χ3n) is 4.71. The molecular weight excluding hydrogens is 376 g/mol. The summed E-state index contributed by atoms with van der Waals surface area (Å²) in [4.78, 5) is 26.3. The molecule has 1 aromatic carbocycles. The van der Waals surface area contributed by atoms with E-state index >= 15 is 0 Å². The number of aryl methyl sites for hydroxylation is 2. The van der Waals surface area contributed by atoms with Gasteiger partial charge in [-0.25, -0.2) is 4.98 Å². The predicted molar refractivity (Wildman–Crippen MR) is 106 cm³/mol. The van der Waals surface area contributed by atoms with Crippen molar-refractivity contribution in [2.24, 2.45) is 0 Å². The summed E-state index contributed by atoms with van der Waals surface area (Å²) in [6, 6.07) is 9.77. The van der Waals surface area contributed by atoms with Gasteiger partial charge in [-0.2, -0.15) is 4.98 Å². The molecule has 4 aromatic rings. The molecule has 7 nitrogen and oxygen atoms in total. The Labute approximate surface area is 163 Å². The molecule has 3 aromatic heterocycles. The minimum absolute atomic E-state index is 0.0210. The maximum atomic E-state index is 10.9. The Morgan fingerprint density at radius 2 is 1.96 bits per heavy atom. The van der Waals surface area contributed by atoms with Gasteiger partial charge in [0.1, 0.15) is 10.6 Å². The lowest BCUT2D eigenvalue weighted by Crippen LogP contribution is -1.96.